The van der Waals surface area contributed by atoms with Gasteiger partial charge in [-0.25, -0.2) is 0 Å². The predicted molar refractivity (Wildman–Crippen MR) is 68.1 cm³/mol. The molecular weight excluding hydrogens is 222 g/mol. The number of para-hydroxylation sites is 1. The van der Waals surface area contributed by atoms with Crippen molar-refractivity contribution in [2.24, 2.45) is 0 Å². The van der Waals surface area contributed by atoms with E-state index in [2.05, 4.69) is 18.7 Å². The van der Waals surface area contributed by atoms with Gasteiger partial charge < -0.3 is 10.0 Å². The van der Waals surface area contributed by atoms with Crippen LogP contribution in [0.2, 0.25) is 5.02 Å². The second-order valence-electron chi connectivity index (χ2n) is 5.06. The van der Waals surface area contributed by atoms with Gasteiger partial charge in [-0.15, -0.1) is 0 Å². The minimum atomic E-state index is -0.186. The van der Waals surface area contributed by atoms with Crippen molar-refractivity contribution in [2.75, 3.05) is 11.4 Å². The second-order valence-corrected chi connectivity index (χ2v) is 5.47. The van der Waals surface area contributed by atoms with Gasteiger partial charge in [0.15, 0.2) is 0 Å². The van der Waals surface area contributed by atoms with Crippen LogP contribution in [0.5, 0.6) is 0 Å². The number of rotatable bonds is 1. The molecule has 88 valence electrons. The van der Waals surface area contributed by atoms with E-state index in [-0.39, 0.29) is 11.6 Å². The summed E-state index contributed by atoms with van der Waals surface area (Å²) < 4.78 is 0. The number of hydrogen-bond acceptors (Lipinski definition) is 2. The van der Waals surface area contributed by atoms with Crippen molar-refractivity contribution in [1.82, 2.24) is 0 Å². The number of anilines is 1. The number of aliphatic hydroxyl groups is 1. The van der Waals surface area contributed by atoms with Crippen molar-refractivity contribution in [3.05, 3.63) is 29.3 Å². The summed E-state index contributed by atoms with van der Waals surface area (Å²) in [5.41, 5.74) is 1.03. The van der Waals surface area contributed by atoms with Crippen LogP contribution in [0.15, 0.2) is 24.3 Å². The summed E-state index contributed by atoms with van der Waals surface area (Å²) in [6.45, 7) is 5.16. The highest BCUT2D eigenvalue weighted by atomic mass is 35.5. The van der Waals surface area contributed by atoms with Crippen LogP contribution in [0.4, 0.5) is 5.69 Å². The van der Waals surface area contributed by atoms with Gasteiger partial charge in [0.1, 0.15) is 0 Å². The quantitative estimate of drug-likeness (QED) is 0.814. The van der Waals surface area contributed by atoms with Gasteiger partial charge >= 0.3 is 0 Å². The summed E-state index contributed by atoms with van der Waals surface area (Å²) in [6.07, 6.45) is 1.42. The SMILES string of the molecule is CC1(C)CC(O)CCN1c1ccccc1Cl. The van der Waals surface area contributed by atoms with Crippen LogP contribution in [-0.4, -0.2) is 23.3 Å². The fraction of sp³-hybridized carbons (Fsp3) is 0.538. The highest BCUT2D eigenvalue weighted by Gasteiger charge is 2.34. The largest absolute Gasteiger partial charge is 0.393 e. The number of benzene rings is 1. The molecule has 0 bridgehead atoms. The number of nitrogens with zero attached hydrogens (tertiary/aromatic N) is 1. The molecule has 0 aliphatic carbocycles. The first kappa shape index (κ1) is 11.7. The molecule has 3 heteroatoms. The molecule has 0 spiro atoms. The lowest BCUT2D eigenvalue weighted by molar-refractivity contribution is 0.107. The van der Waals surface area contributed by atoms with Crippen LogP contribution in [0.25, 0.3) is 0 Å². The maximum Gasteiger partial charge on any atom is 0.0639 e. The van der Waals surface area contributed by atoms with E-state index in [1.54, 1.807) is 0 Å². The molecule has 1 atom stereocenters. The van der Waals surface area contributed by atoms with Crippen molar-refractivity contribution >= 4 is 17.3 Å². The third-order valence-electron chi connectivity index (χ3n) is 3.30. The highest BCUT2D eigenvalue weighted by Crippen LogP contribution is 2.36. The van der Waals surface area contributed by atoms with E-state index in [0.717, 1.165) is 30.1 Å². The number of halogens is 1. The van der Waals surface area contributed by atoms with Crippen molar-refractivity contribution in [2.45, 2.75) is 38.3 Å². The average molecular weight is 240 g/mol. The lowest BCUT2D eigenvalue weighted by atomic mass is 9.88. The molecule has 1 aromatic carbocycles. The van der Waals surface area contributed by atoms with Gasteiger partial charge in [0.05, 0.1) is 16.8 Å². The summed E-state index contributed by atoms with van der Waals surface area (Å²) in [6, 6.07) is 7.90. The molecule has 1 N–H and O–H groups in total. The van der Waals surface area contributed by atoms with E-state index in [1.807, 2.05) is 24.3 Å². The van der Waals surface area contributed by atoms with Gasteiger partial charge in [-0.3, -0.25) is 0 Å². The molecule has 0 amide bonds. The zero-order chi connectivity index (χ0) is 11.8. The average Bonchev–Trinajstić information content (AvgIpc) is 2.18. The van der Waals surface area contributed by atoms with Crippen molar-refractivity contribution in [3.8, 4) is 0 Å². The van der Waals surface area contributed by atoms with Crippen LogP contribution in [0.1, 0.15) is 26.7 Å². The molecule has 1 aliphatic rings. The van der Waals surface area contributed by atoms with E-state index < -0.39 is 0 Å². The maximum absolute atomic E-state index is 9.72. The molecular formula is C13H18ClNO. The van der Waals surface area contributed by atoms with Gasteiger partial charge in [-0.2, -0.15) is 0 Å². The van der Waals surface area contributed by atoms with E-state index in [4.69, 9.17) is 11.6 Å². The third kappa shape index (κ3) is 2.18. The smallest absolute Gasteiger partial charge is 0.0639 e. The normalized spacial score (nSPS) is 24.5. The Labute approximate surface area is 102 Å². The zero-order valence-electron chi connectivity index (χ0n) is 9.78. The summed E-state index contributed by atoms with van der Waals surface area (Å²) in [7, 11) is 0. The number of aliphatic hydroxyl groups excluding tert-OH is 1. The Morgan fingerprint density at radius 1 is 1.38 bits per heavy atom. The van der Waals surface area contributed by atoms with E-state index in [0.29, 0.717) is 0 Å². The Kier molecular flexibility index (Phi) is 3.13. The summed E-state index contributed by atoms with van der Waals surface area (Å²) >= 11 is 6.22. The molecule has 2 rings (SSSR count). The molecule has 1 saturated heterocycles. The zero-order valence-corrected chi connectivity index (χ0v) is 10.5. The Morgan fingerprint density at radius 3 is 2.69 bits per heavy atom. The van der Waals surface area contributed by atoms with Crippen molar-refractivity contribution in [3.63, 3.8) is 0 Å². The molecule has 1 aromatic rings. The fourth-order valence-electron chi connectivity index (χ4n) is 2.49. The molecule has 0 saturated carbocycles. The summed E-state index contributed by atoms with van der Waals surface area (Å²) in [5.74, 6) is 0. The highest BCUT2D eigenvalue weighted by molar-refractivity contribution is 6.33. The van der Waals surface area contributed by atoms with Gasteiger partial charge in [0.2, 0.25) is 0 Å². The van der Waals surface area contributed by atoms with Crippen LogP contribution >= 0.6 is 11.6 Å². The Hall–Kier alpha value is -0.730. The van der Waals surface area contributed by atoms with Gasteiger partial charge in [0, 0.05) is 12.1 Å². The van der Waals surface area contributed by atoms with Gasteiger partial charge in [-0.05, 0) is 38.8 Å². The molecule has 0 aromatic heterocycles. The lowest BCUT2D eigenvalue weighted by Gasteiger charge is -2.46. The second kappa shape index (κ2) is 4.27. The van der Waals surface area contributed by atoms with E-state index in [9.17, 15) is 5.11 Å². The van der Waals surface area contributed by atoms with Gasteiger partial charge in [-0.1, -0.05) is 23.7 Å². The van der Waals surface area contributed by atoms with Crippen LogP contribution in [0, 0.1) is 0 Å². The maximum atomic E-state index is 9.72. The Morgan fingerprint density at radius 2 is 2.06 bits per heavy atom. The molecule has 16 heavy (non-hydrogen) atoms. The first-order valence-corrected chi connectivity index (χ1v) is 6.09. The molecule has 1 aliphatic heterocycles. The first-order chi connectivity index (χ1) is 7.50. The predicted octanol–water partition coefficient (Wildman–Crippen LogP) is 3.08. The molecule has 1 unspecified atom stereocenters. The first-order valence-electron chi connectivity index (χ1n) is 5.71. The molecule has 1 heterocycles. The molecule has 0 radical (unpaired) electrons. The monoisotopic (exact) mass is 239 g/mol. The topological polar surface area (TPSA) is 23.5 Å². The lowest BCUT2D eigenvalue weighted by Crippen LogP contribution is -2.51. The molecule has 2 nitrogen and oxygen atoms in total. The summed E-state index contributed by atoms with van der Waals surface area (Å²) in [4.78, 5) is 2.29. The number of piperidine rings is 1. The number of hydrogen-bond donors (Lipinski definition) is 1. The van der Waals surface area contributed by atoms with E-state index in [1.165, 1.54) is 0 Å². The van der Waals surface area contributed by atoms with Crippen LogP contribution in [-0.2, 0) is 0 Å². The standard InChI is InChI=1S/C13H18ClNO/c1-13(2)9-10(16)7-8-15(13)12-6-4-3-5-11(12)14/h3-6,10,16H,7-9H2,1-2H3. The van der Waals surface area contributed by atoms with Crippen molar-refractivity contribution < 1.29 is 5.11 Å². The fourth-order valence-corrected chi connectivity index (χ4v) is 2.72. The van der Waals surface area contributed by atoms with Crippen LogP contribution in [0.3, 0.4) is 0 Å². The van der Waals surface area contributed by atoms with Gasteiger partial charge in [0.25, 0.3) is 0 Å². The Balaban J connectivity index is 2.31. The summed E-state index contributed by atoms with van der Waals surface area (Å²) in [5, 5.41) is 10.5. The minimum Gasteiger partial charge on any atom is -0.393 e. The van der Waals surface area contributed by atoms with Crippen molar-refractivity contribution in [1.29, 1.82) is 0 Å². The Bertz CT molecular complexity index is 378. The minimum absolute atomic E-state index is 0.0390. The van der Waals surface area contributed by atoms with Crippen LogP contribution < -0.4 is 4.90 Å². The third-order valence-corrected chi connectivity index (χ3v) is 3.61. The van der Waals surface area contributed by atoms with E-state index >= 15 is 0 Å². The molecule has 1 fully saturated rings.